The van der Waals surface area contributed by atoms with Crippen LogP contribution in [-0.4, -0.2) is 0 Å². The number of rotatable bonds is 1. The zero-order valence-electron chi connectivity index (χ0n) is 15.8. The van der Waals surface area contributed by atoms with Gasteiger partial charge in [-0.1, -0.05) is 89.6 Å². The molecule has 1 heteroatoms. The van der Waals surface area contributed by atoms with Gasteiger partial charge < -0.3 is 0 Å². The summed E-state index contributed by atoms with van der Waals surface area (Å²) in [5.41, 5.74) is 2.24. The molecule has 0 unspecified atom stereocenters. The molecule has 0 aromatic heterocycles. The van der Waals surface area contributed by atoms with Crippen LogP contribution in [0.25, 0.3) is 54.2 Å². The van der Waals surface area contributed by atoms with Gasteiger partial charge in [0.05, 0.1) is 0 Å². The zero-order valence-corrected chi connectivity index (χ0v) is 18.7. The molecule has 0 aliphatic rings. The first-order chi connectivity index (χ1) is 13.9. The molecule has 0 saturated heterocycles. The standard InChI is InChI=1S/C28H16.Y/c1-2-9-20-17-27-21(16-19(20)8-1)11-7-15-26(27)28-18-22-10-3-4-12-23(22)24-13-5-6-14-25(24)28;/h1-14,16-17H;/q-2;. The van der Waals surface area contributed by atoms with E-state index in [-0.39, 0.29) is 32.7 Å². The Morgan fingerprint density at radius 3 is 1.97 bits per heavy atom. The molecule has 0 saturated carbocycles. The first-order valence-corrected chi connectivity index (χ1v) is 9.55. The van der Waals surface area contributed by atoms with Crippen LogP contribution in [-0.2, 0) is 32.7 Å². The third kappa shape index (κ3) is 2.99. The van der Waals surface area contributed by atoms with Crippen molar-refractivity contribution in [3.63, 3.8) is 0 Å². The molecule has 1 radical (unpaired) electrons. The molecule has 6 aromatic rings. The van der Waals surface area contributed by atoms with Crippen molar-refractivity contribution in [3.05, 3.63) is 109 Å². The van der Waals surface area contributed by atoms with E-state index in [1.165, 1.54) is 37.7 Å². The quantitative estimate of drug-likeness (QED) is 0.140. The van der Waals surface area contributed by atoms with Crippen molar-refractivity contribution in [2.75, 3.05) is 0 Å². The van der Waals surface area contributed by atoms with Crippen molar-refractivity contribution in [2.24, 2.45) is 0 Å². The van der Waals surface area contributed by atoms with Gasteiger partial charge in [-0.2, -0.15) is 23.8 Å². The van der Waals surface area contributed by atoms with E-state index in [2.05, 4.69) is 103 Å². The summed E-state index contributed by atoms with van der Waals surface area (Å²) >= 11 is 0. The van der Waals surface area contributed by atoms with Crippen LogP contribution >= 0.6 is 0 Å². The van der Waals surface area contributed by atoms with E-state index in [1.54, 1.807) is 0 Å². The van der Waals surface area contributed by atoms with Gasteiger partial charge >= 0.3 is 0 Å². The first kappa shape index (κ1) is 18.5. The van der Waals surface area contributed by atoms with Crippen LogP contribution in [0.1, 0.15) is 0 Å². The van der Waals surface area contributed by atoms with E-state index in [0.29, 0.717) is 0 Å². The minimum absolute atomic E-state index is 0. The summed E-state index contributed by atoms with van der Waals surface area (Å²) in [5, 5.41) is 9.84. The number of hydrogen-bond donors (Lipinski definition) is 0. The predicted molar refractivity (Wildman–Crippen MR) is 120 cm³/mol. The molecule has 0 N–H and O–H groups in total. The number of benzene rings is 6. The minimum Gasteiger partial charge on any atom is -0.201 e. The van der Waals surface area contributed by atoms with Crippen LogP contribution in [0.2, 0.25) is 0 Å². The Morgan fingerprint density at radius 2 is 1.14 bits per heavy atom. The molecule has 0 fully saturated rings. The Hall–Kier alpha value is -2.54. The summed E-state index contributed by atoms with van der Waals surface area (Å²) in [6.07, 6.45) is 0. The van der Waals surface area contributed by atoms with Crippen LogP contribution in [0.3, 0.4) is 0 Å². The van der Waals surface area contributed by atoms with Crippen molar-refractivity contribution in [3.8, 4) is 11.1 Å². The first-order valence-electron chi connectivity index (χ1n) is 9.55. The van der Waals surface area contributed by atoms with Gasteiger partial charge in [-0.15, -0.1) is 33.7 Å². The predicted octanol–water partition coefficient (Wildman–Crippen LogP) is 7.56. The summed E-state index contributed by atoms with van der Waals surface area (Å²) in [6, 6.07) is 41.6. The van der Waals surface area contributed by atoms with E-state index in [9.17, 15) is 0 Å². The molecule has 6 aromatic carbocycles. The molecule has 6 rings (SSSR count). The maximum Gasteiger partial charge on any atom is 0 e. The molecule has 0 aliphatic carbocycles. The summed E-state index contributed by atoms with van der Waals surface area (Å²) in [4.78, 5) is 0. The second-order valence-corrected chi connectivity index (χ2v) is 7.23. The molecule has 0 aliphatic heterocycles. The Labute approximate surface area is 195 Å². The average Bonchev–Trinajstić information content (AvgIpc) is 2.77. The summed E-state index contributed by atoms with van der Waals surface area (Å²) in [7, 11) is 0. The van der Waals surface area contributed by atoms with Gasteiger partial charge in [-0.25, -0.2) is 5.56 Å². The molecule has 0 atom stereocenters. The fraction of sp³-hybridized carbons (Fsp3) is 0. The second-order valence-electron chi connectivity index (χ2n) is 7.23. The normalized spacial score (nSPS) is 11.2. The molecule has 133 valence electrons. The van der Waals surface area contributed by atoms with Crippen LogP contribution in [0, 0.1) is 12.1 Å². The Balaban J connectivity index is 0.00000181. The summed E-state index contributed by atoms with van der Waals surface area (Å²) in [6.45, 7) is 0. The van der Waals surface area contributed by atoms with Gasteiger partial charge in [0.25, 0.3) is 0 Å². The van der Waals surface area contributed by atoms with E-state index >= 15 is 0 Å². The molecular weight excluding hydrogens is 425 g/mol. The SMILES string of the molecule is [Y].[c-]1ccc2cc3ccccc3cc2c1-c1[c-]c2ccccc2c2ccccc12. The van der Waals surface area contributed by atoms with Crippen LogP contribution < -0.4 is 0 Å². The summed E-state index contributed by atoms with van der Waals surface area (Å²) in [5.74, 6) is 0. The van der Waals surface area contributed by atoms with Gasteiger partial charge in [-0.05, 0) is 10.8 Å². The maximum absolute atomic E-state index is 3.70. The monoisotopic (exact) mass is 441 g/mol. The maximum atomic E-state index is 3.70. The average molecular weight is 441 g/mol. The van der Waals surface area contributed by atoms with Crippen molar-refractivity contribution < 1.29 is 32.7 Å². The van der Waals surface area contributed by atoms with E-state index in [1.807, 2.05) is 6.07 Å². The van der Waals surface area contributed by atoms with Crippen molar-refractivity contribution in [2.45, 2.75) is 0 Å². The minimum atomic E-state index is 0. The Kier molecular flexibility index (Phi) is 4.70. The molecule has 0 amide bonds. The van der Waals surface area contributed by atoms with Crippen molar-refractivity contribution in [1.29, 1.82) is 0 Å². The van der Waals surface area contributed by atoms with Gasteiger partial charge in [0.15, 0.2) is 0 Å². The van der Waals surface area contributed by atoms with Crippen LogP contribution in [0.5, 0.6) is 0 Å². The van der Waals surface area contributed by atoms with E-state index < -0.39 is 0 Å². The molecule has 0 spiro atoms. The largest absolute Gasteiger partial charge is 0.201 e. The third-order valence-corrected chi connectivity index (χ3v) is 5.60. The molecule has 29 heavy (non-hydrogen) atoms. The topological polar surface area (TPSA) is 0 Å². The third-order valence-electron chi connectivity index (χ3n) is 5.60. The molecule has 0 heterocycles. The molecular formula is C28H16Y-2. The fourth-order valence-electron chi connectivity index (χ4n) is 4.27. The van der Waals surface area contributed by atoms with Crippen molar-refractivity contribution >= 4 is 43.1 Å². The van der Waals surface area contributed by atoms with E-state index in [0.717, 1.165) is 16.5 Å². The van der Waals surface area contributed by atoms with E-state index in [4.69, 9.17) is 0 Å². The van der Waals surface area contributed by atoms with Crippen molar-refractivity contribution in [1.82, 2.24) is 0 Å². The van der Waals surface area contributed by atoms with Crippen LogP contribution in [0.4, 0.5) is 0 Å². The zero-order chi connectivity index (χ0) is 18.5. The summed E-state index contributed by atoms with van der Waals surface area (Å²) < 4.78 is 0. The molecule has 0 bridgehead atoms. The molecule has 0 nitrogen and oxygen atoms in total. The van der Waals surface area contributed by atoms with Gasteiger partial charge in [0, 0.05) is 32.7 Å². The van der Waals surface area contributed by atoms with Gasteiger partial charge in [0.1, 0.15) is 0 Å². The second kappa shape index (κ2) is 7.37. The Morgan fingerprint density at radius 1 is 0.483 bits per heavy atom. The number of hydrogen-bond acceptors (Lipinski definition) is 0. The van der Waals surface area contributed by atoms with Gasteiger partial charge in [-0.3, -0.25) is 0 Å². The fourth-order valence-corrected chi connectivity index (χ4v) is 4.27. The Bertz CT molecular complexity index is 1510. The van der Waals surface area contributed by atoms with Gasteiger partial charge in [0.2, 0.25) is 0 Å². The van der Waals surface area contributed by atoms with Crippen LogP contribution in [0.15, 0.2) is 97.1 Å². The number of fused-ring (bicyclic) bond motifs is 5. The smallest absolute Gasteiger partial charge is 0 e.